The van der Waals surface area contributed by atoms with Gasteiger partial charge in [0.2, 0.25) is 0 Å². The molecular formula is C7H24I3N14O14+3. The van der Waals surface area contributed by atoms with Crippen molar-refractivity contribution < 1.29 is 106 Å². The molecule has 0 radical (unpaired) electrons. The predicted molar refractivity (Wildman–Crippen MR) is 111 cm³/mol. The molecule has 4 unspecified atom stereocenters. The summed E-state index contributed by atoms with van der Waals surface area (Å²) in [5.41, 5.74) is 2.03. The Bertz CT molecular complexity index is 814. The van der Waals surface area contributed by atoms with Gasteiger partial charge in [-0.1, -0.05) is 6.58 Å². The molecule has 2 bridgehead atoms. The van der Waals surface area contributed by atoms with Crippen molar-refractivity contribution >= 4 is 52.0 Å². The van der Waals surface area contributed by atoms with Crippen molar-refractivity contribution in [1.29, 1.82) is 0 Å². The summed E-state index contributed by atoms with van der Waals surface area (Å²) in [7, 11) is 0. The zero-order valence-corrected chi connectivity index (χ0v) is 25.2. The monoisotopic (exact) mass is 909 g/mol. The fraction of sp³-hybridized carbons (Fsp3) is 0.571. The third-order valence-electron chi connectivity index (χ3n) is 3.07. The minimum absolute atomic E-state index is 0.0902. The molecule has 0 saturated carbocycles. The first-order valence-electron chi connectivity index (χ1n) is 8.97. The molecule has 2 saturated heterocycles. The number of nitrogens with one attached hydrogen (secondary N) is 1. The number of quaternary nitrogens is 4. The molecule has 2 aliphatic rings. The Morgan fingerprint density at radius 3 is 2.53 bits per heavy atom. The van der Waals surface area contributed by atoms with E-state index < -0.39 is 48.2 Å². The van der Waals surface area contributed by atoms with Crippen molar-refractivity contribution in [2.75, 3.05) is 13.2 Å². The quantitative estimate of drug-likeness (QED) is 0.0132. The van der Waals surface area contributed by atoms with Crippen LogP contribution in [0.5, 0.6) is 0 Å². The Labute approximate surface area is 249 Å². The van der Waals surface area contributed by atoms with Crippen molar-refractivity contribution in [3.63, 3.8) is 0 Å². The molecule has 2 fully saturated rings. The van der Waals surface area contributed by atoms with Gasteiger partial charge >= 0.3 is 216 Å². The zero-order valence-electron chi connectivity index (χ0n) is 18.8. The molecule has 4 atom stereocenters. The van der Waals surface area contributed by atoms with Crippen LogP contribution in [0.2, 0.25) is 0 Å². The number of fused-ring (bicyclic) bond motifs is 2. The van der Waals surface area contributed by atoms with E-state index in [1.165, 1.54) is 52.9 Å². The van der Waals surface area contributed by atoms with E-state index in [1.54, 1.807) is 0 Å². The standard InChI is InChI=1S/C7H24I3N14O14/c1-6(2)7(25)26-5-3-4-18-30-17-31-22(14)35-20(34-21(13,28-9)29-10-11)36-23(15,33-19(12)27-8)38-24(16,32-18)37-22/h17H,1,3-5,11-16H2,2H3/q+3. The topological polar surface area (TPSA) is 315 Å². The van der Waals surface area contributed by atoms with E-state index in [4.69, 9.17) is 88.7 Å². The number of nitrogens with two attached hydrogens (primary N) is 6. The number of ether oxygens (including phenoxy) is 1. The first kappa shape index (κ1) is 34.6. The summed E-state index contributed by atoms with van der Waals surface area (Å²) < 4.78 is 24.5. The van der Waals surface area contributed by atoms with Crippen LogP contribution >= 0.6 is 46.0 Å². The summed E-state index contributed by atoms with van der Waals surface area (Å²) in [5.74, 6) is 28.0. The van der Waals surface area contributed by atoms with Crippen LogP contribution in [0.15, 0.2) is 12.2 Å². The van der Waals surface area contributed by atoms with E-state index in [2.05, 4.69) is 9.75 Å². The summed E-state index contributed by atoms with van der Waals surface area (Å²) in [6.45, 7) is 4.63. The molecule has 31 heteroatoms. The second kappa shape index (κ2) is 15.0. The maximum atomic E-state index is 11.5. The molecule has 0 aromatic rings. The van der Waals surface area contributed by atoms with Crippen molar-refractivity contribution in [3.05, 3.63) is 12.2 Å². The molecule has 38 heavy (non-hydrogen) atoms. The minimum atomic E-state index is -2.23. The molecule has 2 heterocycles. The van der Waals surface area contributed by atoms with E-state index in [0.717, 1.165) is 0 Å². The number of esters is 1. The van der Waals surface area contributed by atoms with Gasteiger partial charge in [0, 0.05) is 5.57 Å². The number of carbonyl (C=O) groups excluding carboxylic acids is 1. The van der Waals surface area contributed by atoms with Gasteiger partial charge < -0.3 is 4.74 Å². The van der Waals surface area contributed by atoms with Crippen molar-refractivity contribution in [2.45, 2.75) is 13.3 Å². The van der Waals surface area contributed by atoms with Crippen LogP contribution in [-0.2, 0) is 63.5 Å². The number of nitrogens with zero attached hydrogens (tertiary/aromatic N) is 7. The molecule has 224 valence electrons. The zero-order chi connectivity index (χ0) is 28.6. The van der Waals surface area contributed by atoms with Crippen molar-refractivity contribution in [3.8, 4) is 0 Å². The van der Waals surface area contributed by atoms with Gasteiger partial charge in [0.15, 0.2) is 0 Å². The Morgan fingerprint density at radius 1 is 1.21 bits per heavy atom. The second-order valence-electron chi connectivity index (χ2n) is 6.13. The maximum absolute atomic E-state index is 11.5. The summed E-state index contributed by atoms with van der Waals surface area (Å²) in [6, 6.07) is 0. The Hall–Kier alpha value is 0.360. The molecule has 0 aromatic heterocycles. The molecule has 13 N–H and O–H groups in total. The SMILES string of the molecule is C=C(C)C(=O)OCCCN1ONO[N+]2(N)ON(O[N+](N)(OI)O[I-]N)O[N+](N)(ON(N)OI)O[N+](N)(O1)O2. The van der Waals surface area contributed by atoms with Crippen LogP contribution in [0.25, 0.3) is 0 Å². The van der Waals surface area contributed by atoms with Crippen LogP contribution in [0.1, 0.15) is 13.3 Å². The molecule has 0 amide bonds. The second-order valence-corrected chi connectivity index (χ2v) is 7.82. The van der Waals surface area contributed by atoms with Gasteiger partial charge in [-0.15, -0.1) is 0 Å². The first-order chi connectivity index (χ1) is 17.7. The number of hydrogen-bond acceptors (Lipinski definition) is 24. The van der Waals surface area contributed by atoms with E-state index in [1.807, 2.05) is 5.64 Å². The van der Waals surface area contributed by atoms with Crippen LogP contribution in [0, 0.1) is 0 Å². The number of rotatable bonds is 13. The van der Waals surface area contributed by atoms with Gasteiger partial charge in [0.05, 0.1) is 6.61 Å². The first-order valence-corrected chi connectivity index (χ1v) is 12.9. The normalized spacial score (nSPS) is 31.2. The van der Waals surface area contributed by atoms with Gasteiger partial charge in [-0.05, 0) is 6.92 Å². The average Bonchev–Trinajstić information content (AvgIpc) is 2.78. The Balaban J connectivity index is 2.25. The summed E-state index contributed by atoms with van der Waals surface area (Å²) in [6.07, 6.45) is 0.0902. The van der Waals surface area contributed by atoms with E-state index in [0.29, 0.717) is 5.23 Å². The molecule has 2 rings (SSSR count). The van der Waals surface area contributed by atoms with Gasteiger partial charge in [0.1, 0.15) is 0 Å². The van der Waals surface area contributed by atoms with Gasteiger partial charge in [-0.25, -0.2) is 4.79 Å². The Morgan fingerprint density at radius 2 is 1.92 bits per heavy atom. The number of hydrazine groups is 1. The van der Waals surface area contributed by atoms with E-state index in [9.17, 15) is 4.79 Å². The number of hydroxylamine groups is 2. The molecule has 0 aromatic carbocycles. The van der Waals surface area contributed by atoms with Crippen LogP contribution in [0.3, 0.4) is 0 Å². The molecule has 0 aliphatic carbocycles. The van der Waals surface area contributed by atoms with E-state index in [-0.39, 0.29) is 35.9 Å². The van der Waals surface area contributed by atoms with Gasteiger partial charge in [-0.3, -0.25) is 0 Å². The van der Waals surface area contributed by atoms with Crippen LogP contribution in [-0.4, -0.2) is 55.4 Å². The summed E-state index contributed by atoms with van der Waals surface area (Å²) >= 11 is 1.02. The average molecular weight is 909 g/mol. The Kier molecular flexibility index (Phi) is 13.7. The van der Waals surface area contributed by atoms with Crippen LogP contribution < -0.4 is 60.7 Å². The van der Waals surface area contributed by atoms with Crippen molar-refractivity contribution in [1.82, 2.24) is 21.6 Å². The van der Waals surface area contributed by atoms with E-state index >= 15 is 0 Å². The predicted octanol–water partition coefficient (Wildman–Crippen LogP) is -7.35. The van der Waals surface area contributed by atoms with Crippen LogP contribution in [0.4, 0.5) is 0 Å². The molecule has 0 spiro atoms. The third kappa shape index (κ3) is 11.0. The summed E-state index contributed by atoms with van der Waals surface area (Å²) in [4.78, 5) is 56.6. The molecule has 28 nitrogen and oxygen atoms in total. The molecular weight excluding hydrogens is 885 g/mol. The number of carbonyl (C=O) groups is 1. The fourth-order valence-corrected chi connectivity index (χ4v) is 2.82. The fourth-order valence-electron chi connectivity index (χ4n) is 1.82. The number of halogens is 3. The summed E-state index contributed by atoms with van der Waals surface area (Å²) in [5, 5.41) is -7.74. The third-order valence-corrected chi connectivity index (χ3v) is 4.78. The van der Waals surface area contributed by atoms with Gasteiger partial charge in [-0.2, -0.15) is 0 Å². The number of hydrogen-bond donors (Lipinski definition) is 7. The van der Waals surface area contributed by atoms with Gasteiger partial charge in [0.25, 0.3) is 0 Å². The van der Waals surface area contributed by atoms with Crippen molar-refractivity contribution in [2.24, 2.45) is 33.2 Å². The molecule has 2 aliphatic heterocycles.